The van der Waals surface area contributed by atoms with Crippen LogP contribution < -0.4 is 20.3 Å². The zero-order chi connectivity index (χ0) is 24.4. The number of amides is 1. The second kappa shape index (κ2) is 9.36. The average molecular weight is 479 g/mol. The van der Waals surface area contributed by atoms with Crippen molar-refractivity contribution < 1.29 is 24.0 Å². The molecular formula is C24H22N4O5S. The van der Waals surface area contributed by atoms with Crippen molar-refractivity contribution in [1.82, 2.24) is 10.5 Å². The first-order chi connectivity index (χ1) is 16.3. The van der Waals surface area contributed by atoms with Crippen LogP contribution >= 0.6 is 12.2 Å². The Labute approximate surface area is 201 Å². The maximum absolute atomic E-state index is 13.5. The number of carbonyl (C=O) groups excluding carboxylic acids is 1. The van der Waals surface area contributed by atoms with Gasteiger partial charge in [0.2, 0.25) is 0 Å². The summed E-state index contributed by atoms with van der Waals surface area (Å²) in [5, 5.41) is 19.5. The van der Waals surface area contributed by atoms with Gasteiger partial charge in [-0.1, -0.05) is 17.3 Å². The van der Waals surface area contributed by atoms with E-state index < -0.39 is 17.9 Å². The van der Waals surface area contributed by atoms with Crippen LogP contribution in [0.2, 0.25) is 0 Å². The molecule has 10 heteroatoms. The number of carboxylic acids is 1. The van der Waals surface area contributed by atoms with E-state index in [0.717, 1.165) is 5.69 Å². The van der Waals surface area contributed by atoms with E-state index >= 15 is 0 Å². The Bertz CT molecular complexity index is 1280. The van der Waals surface area contributed by atoms with Crippen molar-refractivity contribution in [3.63, 3.8) is 0 Å². The highest BCUT2D eigenvalue weighted by atomic mass is 32.1. The number of carboxylic acid groups (broad SMARTS) is 1. The van der Waals surface area contributed by atoms with Gasteiger partial charge in [0.15, 0.2) is 10.9 Å². The Morgan fingerprint density at radius 2 is 1.82 bits per heavy atom. The summed E-state index contributed by atoms with van der Waals surface area (Å²) in [5.41, 5.74) is 2.58. The summed E-state index contributed by atoms with van der Waals surface area (Å²) in [6, 6.07) is 14.6. The van der Waals surface area contributed by atoms with Gasteiger partial charge in [0.25, 0.3) is 5.91 Å². The summed E-state index contributed by atoms with van der Waals surface area (Å²) in [6.07, 6.45) is 0. The van der Waals surface area contributed by atoms with Crippen molar-refractivity contribution >= 4 is 40.7 Å². The second-order valence-electron chi connectivity index (χ2n) is 7.62. The molecule has 1 amide bonds. The largest absolute Gasteiger partial charge is 0.497 e. The molecule has 3 N–H and O–H groups in total. The summed E-state index contributed by atoms with van der Waals surface area (Å²) in [5.74, 6) is 0.107. The number of aryl methyl sites for hydroxylation is 1. The van der Waals surface area contributed by atoms with Crippen molar-refractivity contribution in [1.29, 1.82) is 0 Å². The molecule has 0 bridgehead atoms. The molecule has 0 unspecified atom stereocenters. The van der Waals surface area contributed by atoms with Gasteiger partial charge in [0, 0.05) is 17.5 Å². The number of benzene rings is 2. The molecule has 2 aromatic carbocycles. The monoisotopic (exact) mass is 478 g/mol. The smallest absolute Gasteiger partial charge is 0.335 e. The van der Waals surface area contributed by atoms with Crippen LogP contribution in [0.5, 0.6) is 5.75 Å². The van der Waals surface area contributed by atoms with Gasteiger partial charge < -0.3 is 25.0 Å². The fourth-order valence-electron chi connectivity index (χ4n) is 3.76. The Morgan fingerprint density at radius 1 is 1.15 bits per heavy atom. The number of carbonyl (C=O) groups is 2. The van der Waals surface area contributed by atoms with Gasteiger partial charge >= 0.3 is 5.97 Å². The van der Waals surface area contributed by atoms with E-state index in [1.165, 1.54) is 12.1 Å². The van der Waals surface area contributed by atoms with E-state index in [1.807, 2.05) is 12.1 Å². The SMILES string of the molecule is COc1ccc(N2C(=S)N[C@H](c3ccc(C(=O)O)cc3)C(C(=O)Nc3cc(C)on3)=C2C)cc1. The summed E-state index contributed by atoms with van der Waals surface area (Å²) in [6.45, 7) is 3.53. The Kier molecular flexibility index (Phi) is 6.33. The van der Waals surface area contributed by atoms with E-state index in [0.29, 0.717) is 33.5 Å². The van der Waals surface area contributed by atoms with Gasteiger partial charge in [0.1, 0.15) is 11.5 Å². The molecule has 34 heavy (non-hydrogen) atoms. The zero-order valence-corrected chi connectivity index (χ0v) is 19.5. The lowest BCUT2D eigenvalue weighted by molar-refractivity contribution is -0.113. The Balaban J connectivity index is 1.78. The number of ether oxygens (including phenoxy) is 1. The summed E-state index contributed by atoms with van der Waals surface area (Å²) in [4.78, 5) is 26.5. The molecule has 4 rings (SSSR count). The number of methoxy groups -OCH3 is 1. The van der Waals surface area contributed by atoms with Crippen LogP contribution in [0.1, 0.15) is 34.6 Å². The lowest BCUT2D eigenvalue weighted by atomic mass is 9.93. The number of hydrogen-bond acceptors (Lipinski definition) is 6. The minimum atomic E-state index is -1.03. The highest BCUT2D eigenvalue weighted by Crippen LogP contribution is 2.35. The molecule has 0 saturated carbocycles. The number of nitrogens with zero attached hydrogens (tertiary/aromatic N) is 2. The van der Waals surface area contributed by atoms with E-state index in [2.05, 4.69) is 15.8 Å². The molecular weight excluding hydrogens is 456 g/mol. The average Bonchev–Trinajstić information content (AvgIpc) is 3.23. The predicted molar refractivity (Wildman–Crippen MR) is 130 cm³/mol. The number of allylic oxidation sites excluding steroid dienone is 1. The van der Waals surface area contributed by atoms with Crippen LogP contribution in [0, 0.1) is 6.92 Å². The number of nitrogens with one attached hydrogen (secondary N) is 2. The maximum atomic E-state index is 13.5. The Hall–Kier alpha value is -4.18. The van der Waals surface area contributed by atoms with Crippen LogP contribution in [-0.4, -0.2) is 34.4 Å². The first-order valence-corrected chi connectivity index (χ1v) is 10.7. The minimum Gasteiger partial charge on any atom is -0.497 e. The maximum Gasteiger partial charge on any atom is 0.335 e. The lowest BCUT2D eigenvalue weighted by Gasteiger charge is -2.38. The predicted octanol–water partition coefficient (Wildman–Crippen LogP) is 4.04. The molecule has 0 aliphatic carbocycles. The molecule has 0 saturated heterocycles. The molecule has 0 radical (unpaired) electrons. The quantitative estimate of drug-likeness (QED) is 0.451. The molecule has 1 atom stereocenters. The molecule has 1 aliphatic heterocycles. The van der Waals surface area contributed by atoms with E-state index in [9.17, 15) is 14.7 Å². The van der Waals surface area contributed by atoms with Crippen LogP contribution in [0.25, 0.3) is 0 Å². The number of aromatic carboxylic acids is 1. The third-order valence-corrected chi connectivity index (χ3v) is 5.72. The van der Waals surface area contributed by atoms with Crippen molar-refractivity contribution in [2.45, 2.75) is 19.9 Å². The van der Waals surface area contributed by atoms with Gasteiger partial charge in [0.05, 0.1) is 24.3 Å². The van der Waals surface area contributed by atoms with Crippen LogP contribution in [0.15, 0.2) is 70.4 Å². The fourth-order valence-corrected chi connectivity index (χ4v) is 4.12. The number of rotatable bonds is 6. The molecule has 0 spiro atoms. The van der Waals surface area contributed by atoms with Crippen LogP contribution in [0.3, 0.4) is 0 Å². The standard InChI is InChI=1S/C24H22N4O5S/c1-13-12-19(27-33-13)25-22(29)20-14(2)28(17-8-10-18(32-3)11-9-17)24(34)26-21(20)15-4-6-16(7-5-15)23(30)31/h4-12,21H,1-3H3,(H,26,34)(H,30,31)(H,25,27,29)/t21-/m1/s1. The van der Waals surface area contributed by atoms with Crippen molar-refractivity contribution in [3.05, 3.63) is 82.8 Å². The molecule has 2 heterocycles. The lowest BCUT2D eigenvalue weighted by Crippen LogP contribution is -2.48. The third-order valence-electron chi connectivity index (χ3n) is 5.42. The summed E-state index contributed by atoms with van der Waals surface area (Å²) in [7, 11) is 1.58. The first kappa shape index (κ1) is 23.0. The summed E-state index contributed by atoms with van der Waals surface area (Å²) < 4.78 is 10.3. The number of aromatic nitrogens is 1. The third kappa shape index (κ3) is 4.48. The van der Waals surface area contributed by atoms with Crippen molar-refractivity contribution in [2.24, 2.45) is 0 Å². The number of hydrogen-bond donors (Lipinski definition) is 3. The molecule has 9 nitrogen and oxygen atoms in total. The van der Waals surface area contributed by atoms with Crippen LogP contribution in [0.4, 0.5) is 11.5 Å². The first-order valence-electron chi connectivity index (χ1n) is 10.3. The van der Waals surface area contributed by atoms with Gasteiger partial charge in [-0.3, -0.25) is 9.69 Å². The van der Waals surface area contributed by atoms with Crippen molar-refractivity contribution in [2.75, 3.05) is 17.3 Å². The Morgan fingerprint density at radius 3 is 2.38 bits per heavy atom. The van der Waals surface area contributed by atoms with Crippen molar-refractivity contribution in [3.8, 4) is 5.75 Å². The fraction of sp³-hybridized carbons (Fsp3) is 0.167. The zero-order valence-electron chi connectivity index (χ0n) is 18.7. The van der Waals surface area contributed by atoms with Gasteiger partial charge in [-0.05, 0) is 68.0 Å². The number of thiocarbonyl (C=S) groups is 1. The van der Waals surface area contributed by atoms with Gasteiger partial charge in [-0.2, -0.15) is 0 Å². The van der Waals surface area contributed by atoms with E-state index in [1.54, 1.807) is 56.2 Å². The van der Waals surface area contributed by atoms with Gasteiger partial charge in [-0.25, -0.2) is 4.79 Å². The topological polar surface area (TPSA) is 117 Å². The normalized spacial score (nSPS) is 15.7. The summed E-state index contributed by atoms with van der Waals surface area (Å²) >= 11 is 5.66. The van der Waals surface area contributed by atoms with Crippen LogP contribution in [-0.2, 0) is 4.79 Å². The molecule has 0 fully saturated rings. The van der Waals surface area contributed by atoms with E-state index in [-0.39, 0.29) is 11.4 Å². The highest BCUT2D eigenvalue weighted by molar-refractivity contribution is 7.80. The molecule has 1 aliphatic rings. The minimum absolute atomic E-state index is 0.145. The van der Waals surface area contributed by atoms with Gasteiger partial charge in [-0.15, -0.1) is 0 Å². The second-order valence-corrected chi connectivity index (χ2v) is 8.01. The molecule has 1 aromatic heterocycles. The molecule has 3 aromatic rings. The highest BCUT2D eigenvalue weighted by Gasteiger charge is 2.35. The number of anilines is 2. The van der Waals surface area contributed by atoms with E-state index in [4.69, 9.17) is 21.5 Å². The molecule has 174 valence electrons.